The summed E-state index contributed by atoms with van der Waals surface area (Å²) < 4.78 is 12.4. The molecule has 0 unspecified atom stereocenters. The van der Waals surface area contributed by atoms with Crippen LogP contribution in [0.5, 0.6) is 11.5 Å². The molecular weight excluding hydrogens is 332 g/mol. The second kappa shape index (κ2) is 8.00. The number of nitrogens with two attached hydrogens (primary N) is 1. The Hall–Kier alpha value is -1.59. The van der Waals surface area contributed by atoms with Crippen LogP contribution in [0.1, 0.15) is 18.2 Å². The van der Waals surface area contributed by atoms with Crippen LogP contribution in [-0.4, -0.2) is 18.1 Å². The van der Waals surface area contributed by atoms with Gasteiger partial charge >= 0.3 is 0 Å². The molecule has 1 heterocycles. The van der Waals surface area contributed by atoms with Gasteiger partial charge in [-0.2, -0.15) is 0 Å². The summed E-state index contributed by atoms with van der Waals surface area (Å²) in [4.78, 5) is 4.25. The standard InChI is InChI=1S/C16H19BrN2O2/c1-2-20-15-10-12(6-7-18)9-14(17)16(15)21-11-13-5-3-4-8-19-13/h3-5,8-10H,2,6-7,11,18H2,1H3. The highest BCUT2D eigenvalue weighted by Gasteiger charge is 2.12. The Bertz CT molecular complexity index is 576. The Morgan fingerprint density at radius 2 is 2.10 bits per heavy atom. The van der Waals surface area contributed by atoms with Crippen LogP contribution >= 0.6 is 15.9 Å². The first-order valence-corrected chi connectivity index (χ1v) is 7.72. The maximum atomic E-state index is 5.87. The Kier molecular flexibility index (Phi) is 6.02. The van der Waals surface area contributed by atoms with Gasteiger partial charge in [-0.25, -0.2) is 0 Å². The first-order chi connectivity index (χ1) is 10.2. The number of hydrogen-bond acceptors (Lipinski definition) is 4. The number of aromatic nitrogens is 1. The summed E-state index contributed by atoms with van der Waals surface area (Å²) in [7, 11) is 0. The van der Waals surface area contributed by atoms with Gasteiger partial charge in [0.2, 0.25) is 0 Å². The van der Waals surface area contributed by atoms with Gasteiger partial charge in [-0.15, -0.1) is 0 Å². The van der Waals surface area contributed by atoms with Gasteiger partial charge in [-0.3, -0.25) is 4.98 Å². The maximum Gasteiger partial charge on any atom is 0.175 e. The number of ether oxygens (including phenoxy) is 2. The lowest BCUT2D eigenvalue weighted by Crippen LogP contribution is -2.05. The average molecular weight is 351 g/mol. The third-order valence-corrected chi connectivity index (χ3v) is 3.48. The Balaban J connectivity index is 2.20. The van der Waals surface area contributed by atoms with E-state index in [1.807, 2.05) is 37.3 Å². The van der Waals surface area contributed by atoms with E-state index in [1.165, 1.54) is 0 Å². The van der Waals surface area contributed by atoms with Crippen molar-refractivity contribution in [1.82, 2.24) is 4.98 Å². The lowest BCUT2D eigenvalue weighted by molar-refractivity contribution is 0.264. The van der Waals surface area contributed by atoms with E-state index in [-0.39, 0.29) is 0 Å². The molecule has 112 valence electrons. The molecule has 0 aliphatic carbocycles. The molecule has 0 aliphatic heterocycles. The second-order valence-electron chi connectivity index (χ2n) is 4.49. The lowest BCUT2D eigenvalue weighted by atomic mass is 10.1. The molecular formula is C16H19BrN2O2. The molecule has 1 aromatic carbocycles. The van der Waals surface area contributed by atoms with Gasteiger partial charge in [-0.1, -0.05) is 6.07 Å². The van der Waals surface area contributed by atoms with E-state index in [2.05, 4.69) is 20.9 Å². The van der Waals surface area contributed by atoms with Crippen molar-refractivity contribution in [2.75, 3.05) is 13.2 Å². The van der Waals surface area contributed by atoms with Crippen molar-refractivity contribution < 1.29 is 9.47 Å². The van der Waals surface area contributed by atoms with Crippen LogP contribution in [0.3, 0.4) is 0 Å². The summed E-state index contributed by atoms with van der Waals surface area (Å²) in [6.07, 6.45) is 2.56. The lowest BCUT2D eigenvalue weighted by Gasteiger charge is -2.15. The highest BCUT2D eigenvalue weighted by Crippen LogP contribution is 2.37. The summed E-state index contributed by atoms with van der Waals surface area (Å²) in [5, 5.41) is 0. The van der Waals surface area contributed by atoms with E-state index in [1.54, 1.807) is 6.20 Å². The van der Waals surface area contributed by atoms with Crippen LogP contribution in [-0.2, 0) is 13.0 Å². The van der Waals surface area contributed by atoms with Crippen molar-refractivity contribution in [1.29, 1.82) is 0 Å². The molecule has 2 N–H and O–H groups in total. The molecule has 2 rings (SSSR count). The molecule has 2 aromatic rings. The smallest absolute Gasteiger partial charge is 0.175 e. The molecule has 0 bridgehead atoms. The fourth-order valence-corrected chi connectivity index (χ4v) is 2.57. The van der Waals surface area contributed by atoms with Gasteiger partial charge in [-0.05, 0) is 65.6 Å². The molecule has 5 heteroatoms. The zero-order valence-corrected chi connectivity index (χ0v) is 13.6. The SMILES string of the molecule is CCOc1cc(CCN)cc(Br)c1OCc1ccccn1. The normalized spacial score (nSPS) is 10.4. The fourth-order valence-electron chi connectivity index (χ4n) is 1.97. The van der Waals surface area contributed by atoms with Crippen molar-refractivity contribution in [3.05, 3.63) is 52.3 Å². The molecule has 1 aromatic heterocycles. The van der Waals surface area contributed by atoms with Gasteiger partial charge in [0.25, 0.3) is 0 Å². The highest BCUT2D eigenvalue weighted by atomic mass is 79.9. The third kappa shape index (κ3) is 4.44. The molecule has 0 amide bonds. The van der Waals surface area contributed by atoms with Gasteiger partial charge in [0.15, 0.2) is 11.5 Å². The minimum atomic E-state index is 0.399. The number of pyridine rings is 1. The quantitative estimate of drug-likeness (QED) is 0.831. The van der Waals surface area contributed by atoms with Crippen molar-refractivity contribution in [2.24, 2.45) is 5.73 Å². The predicted octanol–water partition coefficient (Wildman–Crippen LogP) is 3.32. The van der Waals surface area contributed by atoms with E-state index >= 15 is 0 Å². The molecule has 0 saturated carbocycles. The van der Waals surface area contributed by atoms with Crippen LogP contribution in [0.25, 0.3) is 0 Å². The van der Waals surface area contributed by atoms with Crippen LogP contribution in [0.2, 0.25) is 0 Å². The summed E-state index contributed by atoms with van der Waals surface area (Å²) in [5.74, 6) is 1.43. The number of nitrogens with zero attached hydrogens (tertiary/aromatic N) is 1. The minimum Gasteiger partial charge on any atom is -0.490 e. The third-order valence-electron chi connectivity index (χ3n) is 2.89. The average Bonchev–Trinajstić information content (AvgIpc) is 2.48. The van der Waals surface area contributed by atoms with Crippen molar-refractivity contribution in [3.8, 4) is 11.5 Å². The van der Waals surface area contributed by atoms with E-state index in [0.717, 1.165) is 27.9 Å². The number of hydrogen-bond donors (Lipinski definition) is 1. The molecule has 0 aliphatic rings. The predicted molar refractivity (Wildman–Crippen MR) is 86.6 cm³/mol. The molecule has 0 saturated heterocycles. The topological polar surface area (TPSA) is 57.4 Å². The molecule has 21 heavy (non-hydrogen) atoms. The van der Waals surface area contributed by atoms with Crippen LogP contribution in [0.4, 0.5) is 0 Å². The monoisotopic (exact) mass is 350 g/mol. The molecule has 0 spiro atoms. The maximum absolute atomic E-state index is 5.87. The number of rotatable bonds is 7. The first kappa shape index (κ1) is 15.8. The van der Waals surface area contributed by atoms with Crippen molar-refractivity contribution >= 4 is 15.9 Å². The largest absolute Gasteiger partial charge is 0.490 e. The van der Waals surface area contributed by atoms with E-state index in [9.17, 15) is 0 Å². The zero-order valence-electron chi connectivity index (χ0n) is 12.0. The van der Waals surface area contributed by atoms with Crippen molar-refractivity contribution in [2.45, 2.75) is 20.0 Å². The molecule has 4 nitrogen and oxygen atoms in total. The highest BCUT2D eigenvalue weighted by molar-refractivity contribution is 9.10. The van der Waals surface area contributed by atoms with Crippen LogP contribution in [0.15, 0.2) is 41.0 Å². The van der Waals surface area contributed by atoms with Crippen LogP contribution in [0, 0.1) is 0 Å². The zero-order chi connectivity index (χ0) is 15.1. The number of halogens is 1. The second-order valence-corrected chi connectivity index (χ2v) is 5.34. The van der Waals surface area contributed by atoms with Gasteiger partial charge < -0.3 is 15.2 Å². The Morgan fingerprint density at radius 3 is 2.76 bits per heavy atom. The van der Waals surface area contributed by atoms with Gasteiger partial charge in [0.05, 0.1) is 16.8 Å². The number of benzene rings is 1. The summed E-state index contributed by atoms with van der Waals surface area (Å²) >= 11 is 3.55. The minimum absolute atomic E-state index is 0.399. The Labute approximate surface area is 133 Å². The summed E-state index contributed by atoms with van der Waals surface area (Å²) in [5.41, 5.74) is 7.61. The van der Waals surface area contributed by atoms with E-state index < -0.39 is 0 Å². The van der Waals surface area contributed by atoms with E-state index in [0.29, 0.717) is 25.5 Å². The molecule has 0 atom stereocenters. The Morgan fingerprint density at radius 1 is 1.24 bits per heavy atom. The van der Waals surface area contributed by atoms with Gasteiger partial charge in [0, 0.05) is 6.20 Å². The fraction of sp³-hybridized carbons (Fsp3) is 0.312. The van der Waals surface area contributed by atoms with Crippen LogP contribution < -0.4 is 15.2 Å². The van der Waals surface area contributed by atoms with E-state index in [4.69, 9.17) is 15.2 Å². The summed E-state index contributed by atoms with van der Waals surface area (Å²) in [6, 6.07) is 9.75. The summed E-state index contributed by atoms with van der Waals surface area (Å²) in [6.45, 7) is 3.53. The first-order valence-electron chi connectivity index (χ1n) is 6.92. The molecule has 0 fully saturated rings. The molecule has 0 radical (unpaired) electrons. The van der Waals surface area contributed by atoms with Gasteiger partial charge in [0.1, 0.15) is 6.61 Å². The van der Waals surface area contributed by atoms with Crippen molar-refractivity contribution in [3.63, 3.8) is 0 Å².